The Morgan fingerprint density at radius 2 is 2.05 bits per heavy atom. The normalized spacial score (nSPS) is 32.5. The highest BCUT2D eigenvalue weighted by Crippen LogP contribution is 2.29. The van der Waals surface area contributed by atoms with Gasteiger partial charge in [0.15, 0.2) is 11.9 Å². The fraction of sp³-hybridized carbons (Fsp3) is 0.500. The van der Waals surface area contributed by atoms with E-state index in [-0.39, 0.29) is 18.1 Å². The van der Waals surface area contributed by atoms with Crippen molar-refractivity contribution in [3.63, 3.8) is 0 Å². The summed E-state index contributed by atoms with van der Waals surface area (Å²) in [5, 5.41) is 2.82. The van der Waals surface area contributed by atoms with Crippen LogP contribution in [0.2, 0.25) is 0 Å². The quantitative estimate of drug-likeness (QED) is 0.829. The number of β-lactam (4-membered cyclic amide) rings is 1. The number of benzene rings is 1. The molecule has 2 aliphatic rings. The van der Waals surface area contributed by atoms with Crippen LogP contribution < -0.4 is 10.1 Å². The highest BCUT2D eigenvalue weighted by Gasteiger charge is 2.50. The molecule has 1 amide bonds. The summed E-state index contributed by atoms with van der Waals surface area (Å²) in [5.41, 5.74) is 0. The van der Waals surface area contributed by atoms with E-state index in [1.54, 1.807) is 0 Å². The molecule has 0 bridgehead atoms. The van der Waals surface area contributed by atoms with E-state index in [0.29, 0.717) is 12.4 Å². The Bertz CT molecular complexity index is 474. The number of ether oxygens (including phenoxy) is 3. The summed E-state index contributed by atoms with van der Waals surface area (Å²) in [6.07, 6.45) is -0.675. The molecule has 0 radical (unpaired) electrons. The van der Waals surface area contributed by atoms with E-state index >= 15 is 0 Å². The lowest BCUT2D eigenvalue weighted by molar-refractivity contribution is -0.161. The first-order chi connectivity index (χ1) is 9.05. The van der Waals surface area contributed by atoms with Crippen molar-refractivity contribution >= 4 is 5.91 Å². The van der Waals surface area contributed by atoms with E-state index < -0.39 is 11.9 Å². The van der Waals surface area contributed by atoms with Crippen molar-refractivity contribution in [2.75, 3.05) is 6.61 Å². The fourth-order valence-electron chi connectivity index (χ4n) is 2.34. The first kappa shape index (κ1) is 12.4. The lowest BCUT2D eigenvalue weighted by Gasteiger charge is -2.39. The predicted octanol–water partition coefficient (Wildman–Crippen LogP) is 1.08. The van der Waals surface area contributed by atoms with E-state index in [1.807, 2.05) is 44.2 Å². The van der Waals surface area contributed by atoms with Crippen LogP contribution in [0.25, 0.3) is 0 Å². The number of rotatable bonds is 3. The van der Waals surface area contributed by atoms with Crippen molar-refractivity contribution in [1.82, 2.24) is 5.32 Å². The van der Waals surface area contributed by atoms with Gasteiger partial charge >= 0.3 is 0 Å². The van der Waals surface area contributed by atoms with E-state index in [0.717, 1.165) is 0 Å². The zero-order chi connectivity index (χ0) is 13.5. The molecule has 0 aliphatic carbocycles. The summed E-state index contributed by atoms with van der Waals surface area (Å²) in [7, 11) is 0. The third-order valence-corrected chi connectivity index (χ3v) is 3.33. The minimum atomic E-state index is -0.595. The van der Waals surface area contributed by atoms with Crippen LogP contribution in [-0.4, -0.2) is 36.6 Å². The van der Waals surface area contributed by atoms with Crippen LogP contribution in [0.5, 0.6) is 5.75 Å². The van der Waals surface area contributed by atoms with Gasteiger partial charge in [-0.05, 0) is 26.0 Å². The van der Waals surface area contributed by atoms with E-state index in [2.05, 4.69) is 5.32 Å². The maximum atomic E-state index is 11.6. The summed E-state index contributed by atoms with van der Waals surface area (Å²) in [5.74, 6) is -0.0184. The zero-order valence-electron chi connectivity index (χ0n) is 11.0. The van der Waals surface area contributed by atoms with Gasteiger partial charge in [0.05, 0.1) is 6.61 Å². The molecule has 2 heterocycles. The second-order valence-corrected chi connectivity index (χ2v) is 5.25. The SMILES string of the molecule is CC1(C)OC[C@H]([C@@H]2NC(=O)[C@@H]2Oc2ccccc2)O1. The van der Waals surface area contributed by atoms with E-state index in [4.69, 9.17) is 14.2 Å². The molecule has 0 saturated carbocycles. The highest BCUT2D eigenvalue weighted by atomic mass is 16.7. The Hall–Kier alpha value is -1.59. The summed E-state index contributed by atoms with van der Waals surface area (Å²) < 4.78 is 17.0. The minimum absolute atomic E-state index is 0.109. The first-order valence-electron chi connectivity index (χ1n) is 6.39. The molecule has 0 aromatic heterocycles. The van der Waals surface area contributed by atoms with Crippen molar-refractivity contribution in [1.29, 1.82) is 0 Å². The summed E-state index contributed by atoms with van der Waals surface area (Å²) >= 11 is 0. The number of hydrogen-bond acceptors (Lipinski definition) is 4. The topological polar surface area (TPSA) is 56.8 Å². The standard InChI is InChI=1S/C14H17NO4/c1-14(2)17-8-10(19-14)11-12(13(16)15-11)18-9-6-4-3-5-7-9/h3-7,10-12H,8H2,1-2H3,(H,15,16)/t10-,11+,12-/m1/s1. The molecule has 1 aromatic carbocycles. The van der Waals surface area contributed by atoms with Gasteiger partial charge < -0.3 is 19.5 Å². The van der Waals surface area contributed by atoms with Gasteiger partial charge in [0.25, 0.3) is 5.91 Å². The molecule has 3 rings (SSSR count). The molecule has 2 saturated heterocycles. The molecule has 1 N–H and O–H groups in total. The molecule has 2 aliphatic heterocycles. The Balaban J connectivity index is 1.66. The van der Waals surface area contributed by atoms with Gasteiger partial charge in [-0.25, -0.2) is 0 Å². The fourth-order valence-corrected chi connectivity index (χ4v) is 2.34. The van der Waals surface area contributed by atoms with E-state index in [1.165, 1.54) is 0 Å². The average Bonchev–Trinajstić information content (AvgIpc) is 2.74. The van der Waals surface area contributed by atoms with Crippen LogP contribution in [0.4, 0.5) is 0 Å². The van der Waals surface area contributed by atoms with Gasteiger partial charge in [-0.15, -0.1) is 0 Å². The Kier molecular flexibility index (Phi) is 2.95. The third kappa shape index (κ3) is 2.43. The Morgan fingerprint density at radius 3 is 2.63 bits per heavy atom. The molecule has 2 fully saturated rings. The van der Waals surface area contributed by atoms with Crippen molar-refractivity contribution in [3.8, 4) is 5.75 Å². The van der Waals surface area contributed by atoms with Gasteiger partial charge in [-0.2, -0.15) is 0 Å². The van der Waals surface area contributed by atoms with Crippen LogP contribution in [0.1, 0.15) is 13.8 Å². The molecule has 5 heteroatoms. The summed E-state index contributed by atoms with van der Waals surface area (Å²) in [4.78, 5) is 11.6. The van der Waals surface area contributed by atoms with E-state index in [9.17, 15) is 4.79 Å². The van der Waals surface area contributed by atoms with Crippen LogP contribution in [0, 0.1) is 0 Å². The average molecular weight is 263 g/mol. The van der Waals surface area contributed by atoms with Gasteiger partial charge in [0.2, 0.25) is 0 Å². The predicted molar refractivity (Wildman–Crippen MR) is 67.7 cm³/mol. The van der Waals surface area contributed by atoms with Crippen molar-refractivity contribution < 1.29 is 19.0 Å². The number of para-hydroxylation sites is 1. The Morgan fingerprint density at radius 1 is 1.32 bits per heavy atom. The molecular formula is C14H17NO4. The van der Waals surface area contributed by atoms with Gasteiger partial charge in [0, 0.05) is 0 Å². The van der Waals surface area contributed by atoms with Gasteiger partial charge in [0.1, 0.15) is 17.9 Å². The molecule has 3 atom stereocenters. The number of carbonyl (C=O) groups excluding carboxylic acids is 1. The zero-order valence-corrected chi connectivity index (χ0v) is 11.0. The van der Waals surface area contributed by atoms with Crippen molar-refractivity contribution in [3.05, 3.63) is 30.3 Å². The molecule has 5 nitrogen and oxygen atoms in total. The molecule has 0 unspecified atom stereocenters. The van der Waals surface area contributed by atoms with Crippen LogP contribution in [-0.2, 0) is 14.3 Å². The smallest absolute Gasteiger partial charge is 0.263 e. The van der Waals surface area contributed by atoms with Crippen molar-refractivity contribution in [2.45, 2.75) is 37.9 Å². The Labute approximate surface area is 111 Å². The minimum Gasteiger partial charge on any atom is -0.478 e. The molecule has 19 heavy (non-hydrogen) atoms. The monoisotopic (exact) mass is 263 g/mol. The lowest BCUT2D eigenvalue weighted by Crippen LogP contribution is -2.69. The summed E-state index contributed by atoms with van der Waals surface area (Å²) in [6, 6.07) is 9.16. The molecule has 0 spiro atoms. The number of hydrogen-bond donors (Lipinski definition) is 1. The lowest BCUT2D eigenvalue weighted by atomic mass is 9.96. The molecule has 102 valence electrons. The summed E-state index contributed by atoms with van der Waals surface area (Å²) in [6.45, 7) is 4.19. The number of carbonyl (C=O) groups is 1. The largest absolute Gasteiger partial charge is 0.478 e. The van der Waals surface area contributed by atoms with Crippen molar-refractivity contribution in [2.24, 2.45) is 0 Å². The second kappa shape index (κ2) is 4.51. The highest BCUT2D eigenvalue weighted by molar-refractivity contribution is 5.88. The number of amides is 1. The van der Waals surface area contributed by atoms with Gasteiger partial charge in [-0.1, -0.05) is 18.2 Å². The second-order valence-electron chi connectivity index (χ2n) is 5.25. The van der Waals surface area contributed by atoms with Crippen LogP contribution in [0.3, 0.4) is 0 Å². The molecular weight excluding hydrogens is 246 g/mol. The maximum Gasteiger partial charge on any atom is 0.263 e. The maximum absolute atomic E-state index is 11.6. The third-order valence-electron chi connectivity index (χ3n) is 3.33. The number of nitrogens with one attached hydrogen (secondary N) is 1. The molecule has 1 aromatic rings. The first-order valence-corrected chi connectivity index (χ1v) is 6.39. The van der Waals surface area contributed by atoms with Crippen LogP contribution in [0.15, 0.2) is 30.3 Å². The van der Waals surface area contributed by atoms with Crippen LogP contribution >= 0.6 is 0 Å². The van der Waals surface area contributed by atoms with Gasteiger partial charge in [-0.3, -0.25) is 4.79 Å².